The van der Waals surface area contributed by atoms with Crippen LogP contribution in [0.2, 0.25) is 0 Å². The Kier molecular flexibility index (Phi) is 3.22. The molecule has 4 heteroatoms. The van der Waals surface area contributed by atoms with Gasteiger partial charge < -0.3 is 14.8 Å². The Morgan fingerprint density at radius 2 is 2.31 bits per heavy atom. The van der Waals surface area contributed by atoms with Crippen LogP contribution in [0.4, 0.5) is 0 Å². The summed E-state index contributed by atoms with van der Waals surface area (Å²) in [7, 11) is 1.89. The van der Waals surface area contributed by atoms with Crippen LogP contribution in [0.25, 0.3) is 11.1 Å². The largest absolute Gasteiger partial charge is 0.441 e. The summed E-state index contributed by atoms with van der Waals surface area (Å²) in [5.41, 5.74) is 2.79. The molecule has 1 unspecified atom stereocenters. The SMILES string of the molecule is CNC(CCO)c1ccc2nc(C)oc2c1. The van der Waals surface area contributed by atoms with Gasteiger partial charge >= 0.3 is 0 Å². The number of aliphatic hydroxyl groups is 1. The number of benzene rings is 1. The van der Waals surface area contributed by atoms with Gasteiger partial charge in [0.05, 0.1) is 0 Å². The van der Waals surface area contributed by atoms with E-state index in [-0.39, 0.29) is 12.6 Å². The van der Waals surface area contributed by atoms with Crippen LogP contribution in [0.3, 0.4) is 0 Å². The van der Waals surface area contributed by atoms with Crippen molar-refractivity contribution in [3.63, 3.8) is 0 Å². The molecule has 0 saturated heterocycles. The molecule has 0 bridgehead atoms. The number of aliphatic hydroxyl groups excluding tert-OH is 1. The summed E-state index contributed by atoms with van der Waals surface area (Å²) in [6.07, 6.45) is 0.690. The average molecular weight is 220 g/mol. The highest BCUT2D eigenvalue weighted by Gasteiger charge is 2.10. The molecule has 2 rings (SSSR count). The Balaban J connectivity index is 2.36. The highest BCUT2D eigenvalue weighted by molar-refractivity contribution is 5.73. The zero-order valence-electron chi connectivity index (χ0n) is 9.53. The molecule has 1 aromatic heterocycles. The number of aryl methyl sites for hydroxylation is 1. The van der Waals surface area contributed by atoms with E-state index in [2.05, 4.69) is 10.3 Å². The fraction of sp³-hybridized carbons (Fsp3) is 0.417. The summed E-state index contributed by atoms with van der Waals surface area (Å²) in [6.45, 7) is 2.00. The van der Waals surface area contributed by atoms with Crippen molar-refractivity contribution >= 4 is 11.1 Å². The van der Waals surface area contributed by atoms with Gasteiger partial charge in [-0.3, -0.25) is 0 Å². The Morgan fingerprint density at radius 3 is 3.00 bits per heavy atom. The van der Waals surface area contributed by atoms with Gasteiger partial charge in [0.25, 0.3) is 0 Å². The molecule has 2 N–H and O–H groups in total. The lowest BCUT2D eigenvalue weighted by molar-refractivity contribution is 0.269. The number of hydrogen-bond donors (Lipinski definition) is 2. The predicted octanol–water partition coefficient (Wildman–Crippen LogP) is 1.78. The van der Waals surface area contributed by atoms with E-state index in [1.165, 1.54) is 0 Å². The standard InChI is InChI=1S/C12H16N2O2/c1-8-14-11-4-3-9(7-12(11)16-8)10(13-2)5-6-15/h3-4,7,10,13,15H,5-6H2,1-2H3. The predicted molar refractivity (Wildman–Crippen MR) is 62.2 cm³/mol. The Morgan fingerprint density at radius 1 is 1.50 bits per heavy atom. The average Bonchev–Trinajstić information content (AvgIpc) is 2.64. The van der Waals surface area contributed by atoms with Crippen molar-refractivity contribution in [2.75, 3.05) is 13.7 Å². The van der Waals surface area contributed by atoms with Gasteiger partial charge in [0.15, 0.2) is 11.5 Å². The summed E-state index contributed by atoms with van der Waals surface area (Å²) >= 11 is 0. The van der Waals surface area contributed by atoms with Crippen molar-refractivity contribution in [3.05, 3.63) is 29.7 Å². The molecule has 1 heterocycles. The number of rotatable bonds is 4. The molecule has 4 nitrogen and oxygen atoms in total. The minimum Gasteiger partial charge on any atom is -0.441 e. The van der Waals surface area contributed by atoms with Gasteiger partial charge in [-0.25, -0.2) is 4.98 Å². The van der Waals surface area contributed by atoms with Crippen LogP contribution in [0.5, 0.6) is 0 Å². The number of fused-ring (bicyclic) bond motifs is 1. The monoisotopic (exact) mass is 220 g/mol. The van der Waals surface area contributed by atoms with Crippen LogP contribution >= 0.6 is 0 Å². The fourth-order valence-electron chi connectivity index (χ4n) is 1.88. The van der Waals surface area contributed by atoms with Crippen LogP contribution in [-0.4, -0.2) is 23.7 Å². The fourth-order valence-corrected chi connectivity index (χ4v) is 1.88. The maximum absolute atomic E-state index is 8.97. The summed E-state index contributed by atoms with van der Waals surface area (Å²) in [5.74, 6) is 0.676. The molecule has 2 aromatic rings. The quantitative estimate of drug-likeness (QED) is 0.824. The molecule has 1 aromatic carbocycles. The zero-order valence-corrected chi connectivity index (χ0v) is 9.53. The van der Waals surface area contributed by atoms with Crippen molar-refractivity contribution in [3.8, 4) is 0 Å². The molecule has 16 heavy (non-hydrogen) atoms. The number of oxazole rings is 1. The van der Waals surface area contributed by atoms with Crippen molar-refractivity contribution in [1.82, 2.24) is 10.3 Å². The van der Waals surface area contributed by atoms with Crippen LogP contribution in [0.15, 0.2) is 22.6 Å². The van der Waals surface area contributed by atoms with Crippen molar-refractivity contribution in [2.45, 2.75) is 19.4 Å². The normalized spacial score (nSPS) is 13.2. The van der Waals surface area contributed by atoms with Gasteiger partial charge in [-0.05, 0) is 31.2 Å². The van der Waals surface area contributed by atoms with E-state index < -0.39 is 0 Å². The zero-order chi connectivity index (χ0) is 11.5. The third kappa shape index (κ3) is 2.08. The number of aromatic nitrogens is 1. The lowest BCUT2D eigenvalue weighted by atomic mass is 10.0. The van der Waals surface area contributed by atoms with Gasteiger partial charge in [-0.15, -0.1) is 0 Å². The first-order valence-electron chi connectivity index (χ1n) is 5.40. The van der Waals surface area contributed by atoms with Crippen LogP contribution in [0.1, 0.15) is 23.9 Å². The van der Waals surface area contributed by atoms with Gasteiger partial charge in [0.2, 0.25) is 0 Å². The summed E-state index contributed by atoms with van der Waals surface area (Å²) in [5, 5.41) is 12.1. The van der Waals surface area contributed by atoms with Crippen LogP contribution in [0, 0.1) is 6.92 Å². The first-order chi connectivity index (χ1) is 7.74. The Hall–Kier alpha value is -1.39. The van der Waals surface area contributed by atoms with Crippen LogP contribution in [-0.2, 0) is 0 Å². The number of nitrogens with one attached hydrogen (secondary N) is 1. The van der Waals surface area contributed by atoms with Gasteiger partial charge in [0.1, 0.15) is 5.52 Å². The summed E-state index contributed by atoms with van der Waals surface area (Å²) in [4.78, 5) is 4.25. The maximum Gasteiger partial charge on any atom is 0.192 e. The third-order valence-corrected chi connectivity index (χ3v) is 2.69. The van der Waals surface area contributed by atoms with Crippen molar-refractivity contribution in [1.29, 1.82) is 0 Å². The number of nitrogens with zero attached hydrogens (tertiary/aromatic N) is 1. The van der Waals surface area contributed by atoms with E-state index in [9.17, 15) is 0 Å². The molecule has 86 valence electrons. The van der Waals surface area contributed by atoms with Crippen LogP contribution < -0.4 is 5.32 Å². The highest BCUT2D eigenvalue weighted by atomic mass is 16.3. The molecule has 0 aliphatic carbocycles. The molecule has 1 atom stereocenters. The molecule has 0 amide bonds. The van der Waals surface area contributed by atoms with Gasteiger partial charge in [0, 0.05) is 19.6 Å². The molecule has 0 saturated carbocycles. The topological polar surface area (TPSA) is 58.3 Å². The van der Waals surface area contributed by atoms with E-state index in [4.69, 9.17) is 9.52 Å². The van der Waals surface area contributed by atoms with E-state index >= 15 is 0 Å². The third-order valence-electron chi connectivity index (χ3n) is 2.69. The Labute approximate surface area is 94.3 Å². The number of hydrogen-bond acceptors (Lipinski definition) is 4. The lowest BCUT2D eigenvalue weighted by Crippen LogP contribution is -2.17. The minimum absolute atomic E-state index is 0.153. The van der Waals surface area contributed by atoms with E-state index in [0.29, 0.717) is 12.3 Å². The van der Waals surface area contributed by atoms with E-state index in [0.717, 1.165) is 16.7 Å². The van der Waals surface area contributed by atoms with E-state index in [1.807, 2.05) is 32.2 Å². The molecule has 0 spiro atoms. The molecule has 0 radical (unpaired) electrons. The maximum atomic E-state index is 8.97. The van der Waals surface area contributed by atoms with Gasteiger partial charge in [-0.2, -0.15) is 0 Å². The highest BCUT2D eigenvalue weighted by Crippen LogP contribution is 2.22. The second kappa shape index (κ2) is 4.63. The van der Waals surface area contributed by atoms with Gasteiger partial charge in [-0.1, -0.05) is 6.07 Å². The molecule has 0 aliphatic rings. The van der Waals surface area contributed by atoms with Crippen molar-refractivity contribution < 1.29 is 9.52 Å². The first kappa shape index (κ1) is 11.1. The summed E-state index contributed by atoms with van der Waals surface area (Å²) < 4.78 is 5.48. The summed E-state index contributed by atoms with van der Waals surface area (Å²) in [6, 6.07) is 6.09. The first-order valence-corrected chi connectivity index (χ1v) is 5.40. The van der Waals surface area contributed by atoms with Crippen molar-refractivity contribution in [2.24, 2.45) is 0 Å². The second-order valence-electron chi connectivity index (χ2n) is 3.81. The second-order valence-corrected chi connectivity index (χ2v) is 3.81. The minimum atomic E-state index is 0.153. The molecular weight excluding hydrogens is 204 g/mol. The Bertz CT molecular complexity index is 479. The molecular formula is C12H16N2O2. The lowest BCUT2D eigenvalue weighted by Gasteiger charge is -2.14. The van der Waals surface area contributed by atoms with E-state index in [1.54, 1.807) is 0 Å². The molecule has 0 aliphatic heterocycles. The molecule has 0 fully saturated rings. The smallest absolute Gasteiger partial charge is 0.192 e.